The number of fused-ring (bicyclic) bond motifs is 2. The van der Waals surface area contributed by atoms with Gasteiger partial charge in [0.1, 0.15) is 11.5 Å². The zero-order valence-electron chi connectivity index (χ0n) is 30.8. The summed E-state index contributed by atoms with van der Waals surface area (Å²) < 4.78 is 35.7. The van der Waals surface area contributed by atoms with Gasteiger partial charge in [0.15, 0.2) is 34.6 Å². The highest BCUT2D eigenvalue weighted by atomic mass is 16.5. The quantitative estimate of drug-likeness (QED) is 0.110. The lowest BCUT2D eigenvalue weighted by molar-refractivity contribution is 0.0982. The summed E-state index contributed by atoms with van der Waals surface area (Å²) in [5, 5.41) is 2.69. The standard InChI is InChI=1S/C44H42O8/c1-25-19-29-31(23-35(47-3)43(51-7)39(29)33(45)21-27-15-11-9-12-16-27)41(49-5)37(25)38-26(2)20-30-32(42(38)50-6)24-36(48-4)44(52-8)40(30)34(46)22-28-17-13-10-14-18-28/h9-20,23-24H,21-22H2,1-8H3. The van der Waals surface area contributed by atoms with E-state index in [0.29, 0.717) is 67.2 Å². The van der Waals surface area contributed by atoms with Gasteiger partial charge < -0.3 is 28.4 Å². The number of carbonyl (C=O) groups excluding carboxylic acids is 2. The minimum Gasteiger partial charge on any atom is -0.495 e. The van der Waals surface area contributed by atoms with E-state index in [0.717, 1.165) is 33.4 Å². The van der Waals surface area contributed by atoms with Gasteiger partial charge in [0.05, 0.1) is 53.8 Å². The average Bonchev–Trinajstić information content (AvgIpc) is 3.16. The minimum atomic E-state index is -0.116. The van der Waals surface area contributed by atoms with Crippen molar-refractivity contribution in [2.45, 2.75) is 26.7 Å². The van der Waals surface area contributed by atoms with Crippen molar-refractivity contribution in [1.29, 1.82) is 0 Å². The Kier molecular flexibility index (Phi) is 10.4. The highest BCUT2D eigenvalue weighted by molar-refractivity contribution is 6.17. The fourth-order valence-corrected chi connectivity index (χ4v) is 7.24. The third-order valence-corrected chi connectivity index (χ3v) is 9.50. The Morgan fingerprint density at radius 1 is 0.442 bits per heavy atom. The van der Waals surface area contributed by atoms with Crippen molar-refractivity contribution in [3.63, 3.8) is 0 Å². The van der Waals surface area contributed by atoms with Crippen LogP contribution < -0.4 is 28.4 Å². The number of rotatable bonds is 13. The summed E-state index contributed by atoms with van der Waals surface area (Å²) in [5.41, 5.74) is 5.81. The van der Waals surface area contributed by atoms with Crippen LogP contribution in [0.2, 0.25) is 0 Å². The zero-order chi connectivity index (χ0) is 37.1. The van der Waals surface area contributed by atoms with E-state index in [1.54, 1.807) is 28.4 Å². The Morgan fingerprint density at radius 3 is 1.10 bits per heavy atom. The molecule has 6 rings (SSSR count). The molecule has 6 aromatic carbocycles. The Morgan fingerprint density at radius 2 is 0.788 bits per heavy atom. The van der Waals surface area contributed by atoms with Crippen LogP contribution in [0.3, 0.4) is 0 Å². The summed E-state index contributed by atoms with van der Waals surface area (Å²) in [6.45, 7) is 3.96. The lowest BCUT2D eigenvalue weighted by Gasteiger charge is -2.24. The van der Waals surface area contributed by atoms with Crippen LogP contribution in [-0.2, 0) is 12.8 Å². The molecule has 8 heteroatoms. The van der Waals surface area contributed by atoms with Crippen LogP contribution in [0.25, 0.3) is 32.7 Å². The van der Waals surface area contributed by atoms with Crippen molar-refractivity contribution < 1.29 is 38.0 Å². The molecular weight excluding hydrogens is 656 g/mol. The fraction of sp³-hybridized carbons (Fsp3) is 0.227. The Labute approximate surface area is 303 Å². The van der Waals surface area contributed by atoms with E-state index in [2.05, 4.69) is 0 Å². The number of Topliss-reactive ketones (excluding diaryl/α,β-unsaturated/α-hetero) is 2. The summed E-state index contributed by atoms with van der Waals surface area (Å²) >= 11 is 0. The van der Waals surface area contributed by atoms with Crippen molar-refractivity contribution in [2.24, 2.45) is 0 Å². The van der Waals surface area contributed by atoms with Gasteiger partial charge in [0.2, 0.25) is 0 Å². The number of benzene rings is 6. The molecule has 0 unspecified atom stereocenters. The van der Waals surface area contributed by atoms with E-state index in [-0.39, 0.29) is 24.4 Å². The van der Waals surface area contributed by atoms with E-state index in [4.69, 9.17) is 28.4 Å². The van der Waals surface area contributed by atoms with Gasteiger partial charge in [-0.25, -0.2) is 0 Å². The Bertz CT molecular complexity index is 2150. The molecule has 0 fully saturated rings. The molecule has 0 heterocycles. The van der Waals surface area contributed by atoms with Gasteiger partial charge in [0, 0.05) is 45.5 Å². The molecule has 0 bridgehead atoms. The molecule has 266 valence electrons. The van der Waals surface area contributed by atoms with Gasteiger partial charge >= 0.3 is 0 Å². The number of ether oxygens (including phenoxy) is 6. The summed E-state index contributed by atoms with van der Waals surface area (Å²) in [5.74, 6) is 2.36. The molecule has 0 aromatic heterocycles. The van der Waals surface area contributed by atoms with Gasteiger partial charge in [-0.3, -0.25) is 9.59 Å². The molecule has 0 amide bonds. The number of hydrogen-bond donors (Lipinski definition) is 0. The number of hydrogen-bond acceptors (Lipinski definition) is 8. The maximum atomic E-state index is 14.1. The summed E-state index contributed by atoms with van der Waals surface area (Å²) in [6, 6.07) is 26.9. The lowest BCUT2D eigenvalue weighted by Crippen LogP contribution is -2.10. The van der Waals surface area contributed by atoms with Crippen LogP contribution in [0, 0.1) is 13.8 Å². The summed E-state index contributed by atoms with van der Waals surface area (Å²) in [7, 11) is 9.38. The molecule has 0 saturated carbocycles. The highest BCUT2D eigenvalue weighted by Crippen LogP contribution is 2.52. The van der Waals surface area contributed by atoms with Crippen LogP contribution in [0.1, 0.15) is 43.0 Å². The first-order chi connectivity index (χ1) is 25.2. The van der Waals surface area contributed by atoms with Crippen molar-refractivity contribution >= 4 is 33.1 Å². The van der Waals surface area contributed by atoms with Crippen LogP contribution in [-0.4, -0.2) is 54.2 Å². The van der Waals surface area contributed by atoms with Crippen LogP contribution in [0.15, 0.2) is 84.9 Å². The van der Waals surface area contributed by atoms with Gasteiger partial charge in [-0.1, -0.05) is 60.7 Å². The molecule has 0 aliphatic heterocycles. The van der Waals surface area contributed by atoms with Gasteiger partial charge in [-0.2, -0.15) is 0 Å². The van der Waals surface area contributed by atoms with E-state index < -0.39 is 0 Å². The SMILES string of the molecule is COc1cc2c(OC)c(-c3c(C)cc4c(C(=O)Cc5ccccc5)c(OC)c(OC)cc4c3OC)c(C)cc2c(C(=O)Cc2ccccc2)c1OC. The number of methoxy groups -OCH3 is 6. The second-order valence-electron chi connectivity index (χ2n) is 12.5. The summed E-state index contributed by atoms with van der Waals surface area (Å²) in [6.07, 6.45) is 0.355. The minimum absolute atomic E-state index is 0.116. The monoisotopic (exact) mass is 698 g/mol. The molecule has 0 aliphatic rings. The average molecular weight is 699 g/mol. The first-order valence-electron chi connectivity index (χ1n) is 16.9. The third kappa shape index (κ3) is 6.25. The molecule has 0 radical (unpaired) electrons. The lowest BCUT2D eigenvalue weighted by atomic mass is 9.86. The summed E-state index contributed by atoms with van der Waals surface area (Å²) in [4.78, 5) is 28.2. The van der Waals surface area contributed by atoms with Crippen molar-refractivity contribution in [3.8, 4) is 45.6 Å². The molecule has 0 spiro atoms. The van der Waals surface area contributed by atoms with Crippen LogP contribution in [0.4, 0.5) is 0 Å². The van der Waals surface area contributed by atoms with Crippen LogP contribution in [0.5, 0.6) is 34.5 Å². The maximum absolute atomic E-state index is 14.1. The largest absolute Gasteiger partial charge is 0.495 e. The van der Waals surface area contributed by atoms with E-state index >= 15 is 0 Å². The molecule has 8 nitrogen and oxygen atoms in total. The maximum Gasteiger partial charge on any atom is 0.172 e. The molecule has 0 N–H and O–H groups in total. The topological polar surface area (TPSA) is 89.5 Å². The molecule has 52 heavy (non-hydrogen) atoms. The van der Waals surface area contributed by atoms with Gasteiger partial charge in [-0.15, -0.1) is 0 Å². The fourth-order valence-electron chi connectivity index (χ4n) is 7.24. The third-order valence-electron chi connectivity index (χ3n) is 9.50. The molecular formula is C44H42O8. The zero-order valence-corrected chi connectivity index (χ0v) is 30.8. The predicted octanol–water partition coefficient (Wildman–Crippen LogP) is 9.18. The molecule has 0 atom stereocenters. The van der Waals surface area contributed by atoms with E-state index in [1.807, 2.05) is 98.8 Å². The molecule has 6 aromatic rings. The normalized spacial score (nSPS) is 11.0. The van der Waals surface area contributed by atoms with Crippen molar-refractivity contribution in [1.82, 2.24) is 0 Å². The van der Waals surface area contributed by atoms with Gasteiger partial charge in [0.25, 0.3) is 0 Å². The second-order valence-corrected chi connectivity index (χ2v) is 12.5. The number of carbonyl (C=O) groups is 2. The molecule has 0 aliphatic carbocycles. The predicted molar refractivity (Wildman–Crippen MR) is 205 cm³/mol. The second kappa shape index (κ2) is 15.1. The molecule has 0 saturated heterocycles. The number of aryl methyl sites for hydroxylation is 2. The smallest absolute Gasteiger partial charge is 0.172 e. The van der Waals surface area contributed by atoms with Crippen LogP contribution >= 0.6 is 0 Å². The first-order valence-corrected chi connectivity index (χ1v) is 16.9. The van der Waals surface area contributed by atoms with E-state index in [1.165, 1.54) is 14.2 Å². The van der Waals surface area contributed by atoms with Gasteiger partial charge in [-0.05, 0) is 60.4 Å². The highest BCUT2D eigenvalue weighted by Gasteiger charge is 2.30. The van der Waals surface area contributed by atoms with Crippen molar-refractivity contribution in [2.75, 3.05) is 42.7 Å². The number of ketones is 2. The Balaban J connectivity index is 1.65. The Hall–Kier alpha value is -6.02. The first kappa shape index (κ1) is 35.8. The van der Waals surface area contributed by atoms with E-state index in [9.17, 15) is 9.59 Å². The van der Waals surface area contributed by atoms with Crippen molar-refractivity contribution in [3.05, 3.63) is 118 Å².